The molecule has 0 aromatic rings. The third-order valence-corrected chi connectivity index (χ3v) is 4.35. The molecule has 1 rings (SSSR count). The first-order valence-electron chi connectivity index (χ1n) is 4.13. The molecule has 1 heteroatoms. The number of hydrogen-bond acceptors (Lipinski definition) is 1. The van der Waals surface area contributed by atoms with Crippen LogP contribution in [0.5, 0.6) is 0 Å². The van der Waals surface area contributed by atoms with Gasteiger partial charge in [-0.1, -0.05) is 27.7 Å². The van der Waals surface area contributed by atoms with E-state index in [-0.39, 0.29) is 0 Å². The summed E-state index contributed by atoms with van der Waals surface area (Å²) >= 11 is 2.13. The summed E-state index contributed by atoms with van der Waals surface area (Å²) in [5.41, 5.74) is 0.594. The Bertz CT molecular complexity index is 118. The van der Waals surface area contributed by atoms with Gasteiger partial charge < -0.3 is 0 Å². The molecule has 60 valence electrons. The highest BCUT2D eigenvalue weighted by Gasteiger charge is 2.30. The highest BCUT2D eigenvalue weighted by molar-refractivity contribution is 7.99. The molecule has 2 unspecified atom stereocenters. The minimum Gasteiger partial charge on any atom is -0.158 e. The van der Waals surface area contributed by atoms with E-state index in [2.05, 4.69) is 39.5 Å². The summed E-state index contributed by atoms with van der Waals surface area (Å²) < 4.78 is 0. The molecule has 0 bridgehead atoms. The molecule has 0 saturated carbocycles. The van der Waals surface area contributed by atoms with E-state index < -0.39 is 0 Å². The lowest BCUT2D eigenvalue weighted by Gasteiger charge is -2.37. The van der Waals surface area contributed by atoms with Crippen molar-refractivity contribution in [2.45, 2.75) is 39.4 Å². The monoisotopic (exact) mass is 158 g/mol. The summed E-state index contributed by atoms with van der Waals surface area (Å²) in [4.78, 5) is 0. The zero-order chi connectivity index (χ0) is 7.78. The lowest BCUT2D eigenvalue weighted by molar-refractivity contribution is 0.298. The van der Waals surface area contributed by atoms with Crippen LogP contribution < -0.4 is 0 Å². The largest absolute Gasteiger partial charge is 0.158 e. The van der Waals surface area contributed by atoms with Gasteiger partial charge in [-0.15, -0.1) is 0 Å². The first-order valence-corrected chi connectivity index (χ1v) is 5.18. The number of thioether (sulfide) groups is 1. The molecule has 1 heterocycles. The second kappa shape index (κ2) is 2.77. The van der Waals surface area contributed by atoms with Gasteiger partial charge in [0, 0.05) is 5.25 Å². The Morgan fingerprint density at radius 1 is 1.30 bits per heavy atom. The van der Waals surface area contributed by atoms with Crippen LogP contribution in [0, 0.1) is 11.3 Å². The normalized spacial score (nSPS) is 39.6. The van der Waals surface area contributed by atoms with Crippen LogP contribution in [-0.4, -0.2) is 11.0 Å². The van der Waals surface area contributed by atoms with Crippen LogP contribution in [0.1, 0.15) is 34.1 Å². The van der Waals surface area contributed by atoms with E-state index in [0.717, 1.165) is 11.2 Å². The molecular weight excluding hydrogens is 140 g/mol. The van der Waals surface area contributed by atoms with Crippen molar-refractivity contribution in [1.29, 1.82) is 0 Å². The molecule has 10 heavy (non-hydrogen) atoms. The van der Waals surface area contributed by atoms with Crippen molar-refractivity contribution >= 4 is 11.8 Å². The third-order valence-electron chi connectivity index (χ3n) is 2.41. The van der Waals surface area contributed by atoms with E-state index in [1.807, 2.05) is 0 Å². The van der Waals surface area contributed by atoms with Crippen molar-refractivity contribution < 1.29 is 0 Å². The summed E-state index contributed by atoms with van der Waals surface area (Å²) in [5.74, 6) is 2.26. The molecule has 0 aromatic carbocycles. The first kappa shape index (κ1) is 8.45. The van der Waals surface area contributed by atoms with Crippen LogP contribution in [-0.2, 0) is 0 Å². The second-order valence-electron chi connectivity index (χ2n) is 4.36. The van der Waals surface area contributed by atoms with Crippen molar-refractivity contribution in [3.8, 4) is 0 Å². The summed E-state index contributed by atoms with van der Waals surface area (Å²) in [7, 11) is 0. The topological polar surface area (TPSA) is 0 Å². The lowest BCUT2D eigenvalue weighted by atomic mass is 9.83. The predicted octanol–water partition coefficient (Wildman–Crippen LogP) is 3.17. The van der Waals surface area contributed by atoms with Gasteiger partial charge in [0.15, 0.2) is 0 Å². The Balaban J connectivity index is 2.49. The van der Waals surface area contributed by atoms with E-state index in [1.54, 1.807) is 0 Å². The van der Waals surface area contributed by atoms with Gasteiger partial charge in [-0.2, -0.15) is 11.8 Å². The molecule has 0 radical (unpaired) electrons. The van der Waals surface area contributed by atoms with E-state index in [1.165, 1.54) is 12.2 Å². The third kappa shape index (κ3) is 1.91. The maximum absolute atomic E-state index is 2.38. The smallest absolute Gasteiger partial charge is 0.00447 e. The first-order chi connectivity index (χ1) is 4.51. The van der Waals surface area contributed by atoms with Crippen LogP contribution in [0.25, 0.3) is 0 Å². The standard InChI is InChI=1S/C9H18S/c1-7-5-9(3,4)6-10-8(7)2/h7-8H,5-6H2,1-4H3. The molecule has 2 atom stereocenters. The van der Waals surface area contributed by atoms with E-state index >= 15 is 0 Å². The van der Waals surface area contributed by atoms with Crippen molar-refractivity contribution in [1.82, 2.24) is 0 Å². The van der Waals surface area contributed by atoms with Gasteiger partial charge in [-0.05, 0) is 23.5 Å². The Kier molecular flexibility index (Phi) is 2.34. The minimum atomic E-state index is 0.594. The quantitative estimate of drug-likeness (QED) is 0.522. The summed E-state index contributed by atoms with van der Waals surface area (Å²) in [6, 6.07) is 0. The SMILES string of the molecule is CC1CC(C)(C)CSC1C. The van der Waals surface area contributed by atoms with Crippen molar-refractivity contribution in [3.63, 3.8) is 0 Å². The van der Waals surface area contributed by atoms with Gasteiger partial charge >= 0.3 is 0 Å². The maximum Gasteiger partial charge on any atom is 0.00447 e. The van der Waals surface area contributed by atoms with Gasteiger partial charge in [0.25, 0.3) is 0 Å². The zero-order valence-electron chi connectivity index (χ0n) is 7.48. The molecule has 1 fully saturated rings. The van der Waals surface area contributed by atoms with E-state index in [9.17, 15) is 0 Å². The Labute approximate surface area is 68.8 Å². The van der Waals surface area contributed by atoms with Crippen LogP contribution >= 0.6 is 11.8 Å². The fourth-order valence-corrected chi connectivity index (χ4v) is 2.87. The van der Waals surface area contributed by atoms with Gasteiger partial charge in [-0.25, -0.2) is 0 Å². The molecular formula is C9H18S. The van der Waals surface area contributed by atoms with E-state index in [0.29, 0.717) is 5.41 Å². The van der Waals surface area contributed by atoms with Crippen molar-refractivity contribution in [3.05, 3.63) is 0 Å². The number of rotatable bonds is 0. The minimum absolute atomic E-state index is 0.594. The molecule has 0 aromatic heterocycles. The number of hydrogen-bond donors (Lipinski definition) is 0. The summed E-state index contributed by atoms with van der Waals surface area (Å²) in [6.07, 6.45) is 1.40. The molecule has 1 aliphatic heterocycles. The van der Waals surface area contributed by atoms with Crippen LogP contribution in [0.3, 0.4) is 0 Å². The summed E-state index contributed by atoms with van der Waals surface area (Å²) in [6.45, 7) is 9.48. The summed E-state index contributed by atoms with van der Waals surface area (Å²) in [5, 5.41) is 0.882. The average Bonchev–Trinajstić information content (AvgIpc) is 1.79. The Morgan fingerprint density at radius 3 is 2.30 bits per heavy atom. The lowest BCUT2D eigenvalue weighted by Crippen LogP contribution is -2.29. The average molecular weight is 158 g/mol. The molecule has 0 amide bonds. The molecule has 0 aliphatic carbocycles. The van der Waals surface area contributed by atoms with Crippen molar-refractivity contribution in [2.75, 3.05) is 5.75 Å². The maximum atomic E-state index is 2.38. The molecule has 0 spiro atoms. The van der Waals surface area contributed by atoms with Crippen LogP contribution in [0.2, 0.25) is 0 Å². The molecule has 1 aliphatic rings. The van der Waals surface area contributed by atoms with Crippen LogP contribution in [0.15, 0.2) is 0 Å². The fraction of sp³-hybridized carbons (Fsp3) is 1.00. The highest BCUT2D eigenvalue weighted by atomic mass is 32.2. The molecule has 0 nitrogen and oxygen atoms in total. The zero-order valence-corrected chi connectivity index (χ0v) is 8.29. The highest BCUT2D eigenvalue weighted by Crippen LogP contribution is 2.40. The van der Waals surface area contributed by atoms with Crippen molar-refractivity contribution in [2.24, 2.45) is 11.3 Å². The van der Waals surface area contributed by atoms with Gasteiger partial charge in [-0.3, -0.25) is 0 Å². The van der Waals surface area contributed by atoms with Gasteiger partial charge in [0.05, 0.1) is 0 Å². The van der Waals surface area contributed by atoms with Gasteiger partial charge in [0.1, 0.15) is 0 Å². The van der Waals surface area contributed by atoms with E-state index in [4.69, 9.17) is 0 Å². The molecule has 1 saturated heterocycles. The predicted molar refractivity (Wildman–Crippen MR) is 49.5 cm³/mol. The van der Waals surface area contributed by atoms with Gasteiger partial charge in [0.2, 0.25) is 0 Å². The Hall–Kier alpha value is 0.350. The fourth-order valence-electron chi connectivity index (χ4n) is 1.62. The molecule has 0 N–H and O–H groups in total. The van der Waals surface area contributed by atoms with Crippen LogP contribution in [0.4, 0.5) is 0 Å². The Morgan fingerprint density at radius 2 is 1.90 bits per heavy atom. The second-order valence-corrected chi connectivity index (χ2v) is 5.73.